The zero-order valence-corrected chi connectivity index (χ0v) is 31.0. The molecule has 0 saturated heterocycles. The number of rotatable bonds is 7. The smallest absolute Gasteiger partial charge is 0.143 e. The Morgan fingerprint density at radius 3 is 1.40 bits per heavy atom. The molecule has 0 amide bonds. The third-order valence-electron chi connectivity index (χ3n) is 11.1. The minimum Gasteiger partial charge on any atom is -0.456 e. The first-order valence-corrected chi connectivity index (χ1v) is 19.3. The van der Waals surface area contributed by atoms with E-state index in [1.807, 2.05) is 24.3 Å². The molecule has 0 bridgehead atoms. The van der Waals surface area contributed by atoms with E-state index in [9.17, 15) is 0 Å². The summed E-state index contributed by atoms with van der Waals surface area (Å²) >= 11 is 0. The maximum atomic E-state index is 6.47. The second-order valence-electron chi connectivity index (χ2n) is 14.5. The molecule has 0 aliphatic heterocycles. The molecule has 11 rings (SSSR count). The zero-order chi connectivity index (χ0) is 37.7. The highest BCUT2D eigenvalue weighted by molar-refractivity contribution is 6.10. The summed E-state index contributed by atoms with van der Waals surface area (Å²) in [6.45, 7) is 0. The minimum absolute atomic E-state index is 0.902. The van der Waals surface area contributed by atoms with Crippen LogP contribution in [-0.2, 0) is 0 Å². The molecule has 0 spiro atoms. The number of hydrogen-bond acceptors (Lipinski definition) is 3. The van der Waals surface area contributed by atoms with E-state index in [-0.39, 0.29) is 0 Å². The van der Waals surface area contributed by atoms with Crippen molar-refractivity contribution in [1.82, 2.24) is 0 Å². The molecule has 3 nitrogen and oxygen atoms in total. The van der Waals surface area contributed by atoms with Crippen LogP contribution in [0.15, 0.2) is 221 Å². The summed E-state index contributed by atoms with van der Waals surface area (Å²) in [6.07, 6.45) is 0. The lowest BCUT2D eigenvalue weighted by atomic mass is 9.93. The molecule has 11 aromatic rings. The van der Waals surface area contributed by atoms with Crippen LogP contribution in [0.4, 0.5) is 17.1 Å². The minimum atomic E-state index is 0.902. The van der Waals surface area contributed by atoms with Gasteiger partial charge >= 0.3 is 0 Å². The summed E-state index contributed by atoms with van der Waals surface area (Å²) in [7, 11) is 0. The van der Waals surface area contributed by atoms with Crippen molar-refractivity contribution in [2.24, 2.45) is 0 Å². The van der Waals surface area contributed by atoms with Crippen LogP contribution < -0.4 is 4.90 Å². The number of benzene rings is 9. The van der Waals surface area contributed by atoms with E-state index in [2.05, 4.69) is 193 Å². The molecule has 3 heteroatoms. The van der Waals surface area contributed by atoms with Gasteiger partial charge in [0, 0.05) is 44.2 Å². The molecule has 0 aliphatic carbocycles. The number of fused-ring (bicyclic) bond motifs is 6. The third-order valence-corrected chi connectivity index (χ3v) is 11.1. The van der Waals surface area contributed by atoms with Crippen molar-refractivity contribution in [3.63, 3.8) is 0 Å². The third kappa shape index (κ3) is 5.76. The Labute approximate surface area is 330 Å². The van der Waals surface area contributed by atoms with Crippen LogP contribution in [0, 0.1) is 0 Å². The van der Waals surface area contributed by atoms with Gasteiger partial charge in [-0.1, -0.05) is 152 Å². The lowest BCUT2D eigenvalue weighted by Crippen LogP contribution is -2.09. The van der Waals surface area contributed by atoms with E-state index >= 15 is 0 Å². The zero-order valence-electron chi connectivity index (χ0n) is 31.0. The topological polar surface area (TPSA) is 29.5 Å². The van der Waals surface area contributed by atoms with Gasteiger partial charge in [-0.2, -0.15) is 0 Å². The van der Waals surface area contributed by atoms with Gasteiger partial charge < -0.3 is 13.7 Å². The molecule has 0 N–H and O–H groups in total. The van der Waals surface area contributed by atoms with E-state index in [1.54, 1.807) is 0 Å². The molecule has 268 valence electrons. The standard InChI is InChI=1S/C54H35NO2/c1-2-11-36(12-3-1)37-21-28-41(29-22-37)55(42-30-23-38(24-31-42)40-27-34-53-50(35-40)47-16-7-8-19-51(47)56-53)43-32-25-39(26-33-43)44-13-4-5-14-45(44)48-17-10-18-49-46-15-6-9-20-52(46)57-54(48)49/h1-35H. The Morgan fingerprint density at radius 1 is 0.263 bits per heavy atom. The summed E-state index contributed by atoms with van der Waals surface area (Å²) in [5.74, 6) is 0. The Hall–Kier alpha value is -7.62. The first kappa shape index (κ1) is 32.8. The Bertz CT molecular complexity index is 3210. The summed E-state index contributed by atoms with van der Waals surface area (Å²) in [5, 5.41) is 4.52. The Balaban J connectivity index is 0.978. The maximum Gasteiger partial charge on any atom is 0.143 e. The fourth-order valence-electron chi connectivity index (χ4n) is 8.31. The maximum absolute atomic E-state index is 6.47. The van der Waals surface area contributed by atoms with Gasteiger partial charge in [0.05, 0.1) is 0 Å². The van der Waals surface area contributed by atoms with Crippen molar-refractivity contribution < 1.29 is 8.83 Å². The Morgan fingerprint density at radius 2 is 0.719 bits per heavy atom. The van der Waals surface area contributed by atoms with Gasteiger partial charge in [0.1, 0.15) is 22.3 Å². The van der Waals surface area contributed by atoms with Gasteiger partial charge in [0.2, 0.25) is 0 Å². The van der Waals surface area contributed by atoms with E-state index in [0.29, 0.717) is 0 Å². The fourth-order valence-corrected chi connectivity index (χ4v) is 8.31. The molecule has 0 unspecified atom stereocenters. The normalized spacial score (nSPS) is 11.5. The van der Waals surface area contributed by atoms with Crippen molar-refractivity contribution in [2.75, 3.05) is 4.90 Å². The highest BCUT2D eigenvalue weighted by Gasteiger charge is 2.18. The molecule has 2 aromatic heterocycles. The monoisotopic (exact) mass is 729 g/mol. The van der Waals surface area contributed by atoms with E-state index in [1.165, 1.54) is 11.1 Å². The number of hydrogen-bond donors (Lipinski definition) is 0. The Kier molecular flexibility index (Phi) is 7.82. The van der Waals surface area contributed by atoms with E-state index in [4.69, 9.17) is 8.83 Å². The van der Waals surface area contributed by atoms with Crippen LogP contribution in [0.25, 0.3) is 88.4 Å². The summed E-state index contributed by atoms with van der Waals surface area (Å²) in [5.41, 5.74) is 16.1. The molecule has 0 saturated carbocycles. The number of furan rings is 2. The van der Waals surface area contributed by atoms with E-state index < -0.39 is 0 Å². The fraction of sp³-hybridized carbons (Fsp3) is 0. The predicted molar refractivity (Wildman–Crippen MR) is 237 cm³/mol. The summed E-state index contributed by atoms with van der Waals surface area (Å²) in [4.78, 5) is 2.33. The molecule has 57 heavy (non-hydrogen) atoms. The molecular weight excluding hydrogens is 695 g/mol. The van der Waals surface area contributed by atoms with Crippen LogP contribution in [-0.4, -0.2) is 0 Å². The highest BCUT2D eigenvalue weighted by atomic mass is 16.3. The summed E-state index contributed by atoms with van der Waals surface area (Å²) in [6, 6.07) is 75.2. The van der Waals surface area contributed by atoms with Crippen molar-refractivity contribution in [1.29, 1.82) is 0 Å². The molecular formula is C54H35NO2. The first-order valence-electron chi connectivity index (χ1n) is 19.3. The van der Waals surface area contributed by atoms with Gasteiger partial charge in [-0.05, 0) is 99.6 Å². The van der Waals surface area contributed by atoms with Crippen LogP contribution >= 0.6 is 0 Å². The molecule has 2 heterocycles. The SMILES string of the molecule is c1ccc(-c2ccc(N(c3ccc(-c4ccc5oc6ccccc6c5c4)cc3)c3ccc(-c4ccccc4-c4cccc5c4oc4ccccc45)cc3)cc2)cc1. The summed E-state index contributed by atoms with van der Waals surface area (Å²) < 4.78 is 12.6. The molecule has 0 aliphatic rings. The first-order chi connectivity index (χ1) is 28.2. The van der Waals surface area contributed by atoms with Crippen molar-refractivity contribution in [3.8, 4) is 44.5 Å². The molecule has 0 atom stereocenters. The molecule has 0 radical (unpaired) electrons. The van der Waals surface area contributed by atoms with Crippen LogP contribution in [0.3, 0.4) is 0 Å². The second-order valence-corrected chi connectivity index (χ2v) is 14.5. The van der Waals surface area contributed by atoms with Crippen LogP contribution in [0.1, 0.15) is 0 Å². The van der Waals surface area contributed by atoms with Crippen LogP contribution in [0.2, 0.25) is 0 Å². The predicted octanol–water partition coefficient (Wildman–Crippen LogP) is 15.6. The average molecular weight is 730 g/mol. The largest absolute Gasteiger partial charge is 0.456 e. The molecule has 0 fully saturated rings. The number of nitrogens with zero attached hydrogens (tertiary/aromatic N) is 1. The van der Waals surface area contributed by atoms with E-state index in [0.717, 1.165) is 94.3 Å². The number of anilines is 3. The van der Waals surface area contributed by atoms with Gasteiger partial charge in [0.15, 0.2) is 0 Å². The second kappa shape index (κ2) is 13.6. The van der Waals surface area contributed by atoms with Crippen molar-refractivity contribution in [2.45, 2.75) is 0 Å². The lowest BCUT2D eigenvalue weighted by molar-refractivity contribution is 0.669. The van der Waals surface area contributed by atoms with Crippen LogP contribution in [0.5, 0.6) is 0 Å². The van der Waals surface area contributed by atoms with Gasteiger partial charge in [0.25, 0.3) is 0 Å². The highest BCUT2D eigenvalue weighted by Crippen LogP contribution is 2.42. The van der Waals surface area contributed by atoms with Crippen molar-refractivity contribution in [3.05, 3.63) is 212 Å². The van der Waals surface area contributed by atoms with Gasteiger partial charge in [-0.25, -0.2) is 0 Å². The van der Waals surface area contributed by atoms with Gasteiger partial charge in [-0.3, -0.25) is 0 Å². The quantitative estimate of drug-likeness (QED) is 0.164. The number of para-hydroxylation sites is 3. The van der Waals surface area contributed by atoms with Gasteiger partial charge in [-0.15, -0.1) is 0 Å². The lowest BCUT2D eigenvalue weighted by Gasteiger charge is -2.26. The molecule has 9 aromatic carbocycles. The average Bonchev–Trinajstić information content (AvgIpc) is 3.86. The van der Waals surface area contributed by atoms with Crippen molar-refractivity contribution >= 4 is 60.9 Å².